The Morgan fingerprint density at radius 2 is 1.82 bits per heavy atom. The van der Waals surface area contributed by atoms with E-state index in [1.54, 1.807) is 12.1 Å². The van der Waals surface area contributed by atoms with Gasteiger partial charge in [0.05, 0.1) is 5.56 Å². The Balaban J connectivity index is 1.92. The van der Waals surface area contributed by atoms with Crippen LogP contribution in [0.5, 0.6) is 0 Å². The molecule has 0 saturated carbocycles. The van der Waals surface area contributed by atoms with Gasteiger partial charge in [0.2, 0.25) is 5.95 Å². The highest BCUT2D eigenvalue weighted by Gasteiger charge is 2.07. The first-order valence-electron chi connectivity index (χ1n) is 6.82. The summed E-state index contributed by atoms with van der Waals surface area (Å²) in [6.45, 7) is 1.36. The third-order valence-electron chi connectivity index (χ3n) is 2.86. The van der Waals surface area contributed by atoms with Crippen LogP contribution >= 0.6 is 11.6 Å². The van der Waals surface area contributed by atoms with Crippen molar-refractivity contribution in [2.45, 2.75) is 0 Å². The van der Waals surface area contributed by atoms with Gasteiger partial charge >= 0.3 is 0 Å². The number of halogens is 1. The smallest absolute Gasteiger partial charge is 0.254 e. The van der Waals surface area contributed by atoms with Crippen molar-refractivity contribution in [3.05, 3.63) is 47.2 Å². The second kappa shape index (κ2) is 7.72. The summed E-state index contributed by atoms with van der Waals surface area (Å²) in [5.74, 6) is 0.243. The number of likely N-dealkylation sites (N-methyl/N-ethyl adjacent to an activating group) is 1. The zero-order valence-electron chi connectivity index (χ0n) is 12.5. The maximum Gasteiger partial charge on any atom is 0.254 e. The van der Waals surface area contributed by atoms with Gasteiger partial charge in [-0.3, -0.25) is 4.79 Å². The molecule has 0 fully saturated rings. The second-order valence-corrected chi connectivity index (χ2v) is 5.42. The first kappa shape index (κ1) is 16.2. The summed E-state index contributed by atoms with van der Waals surface area (Å²) in [4.78, 5) is 22.2. The molecule has 7 heteroatoms. The quantitative estimate of drug-likeness (QED) is 0.854. The van der Waals surface area contributed by atoms with Gasteiger partial charge in [0.25, 0.3) is 5.91 Å². The topological polar surface area (TPSA) is 70.2 Å². The standard InChI is InChI=1S/C15H18ClN5O/c1-21(2)8-7-17-14(22)11-9-18-15(19-10-11)20-13-5-3-12(16)4-6-13/h3-6,9-10H,7-8H2,1-2H3,(H,17,22)(H,18,19,20). The summed E-state index contributed by atoms with van der Waals surface area (Å²) in [5.41, 5.74) is 1.26. The van der Waals surface area contributed by atoms with Crippen LogP contribution < -0.4 is 10.6 Å². The summed E-state index contributed by atoms with van der Waals surface area (Å²) < 4.78 is 0. The van der Waals surface area contributed by atoms with Crippen LogP contribution in [0.15, 0.2) is 36.7 Å². The highest BCUT2D eigenvalue weighted by molar-refractivity contribution is 6.30. The van der Waals surface area contributed by atoms with E-state index in [4.69, 9.17) is 11.6 Å². The summed E-state index contributed by atoms with van der Waals surface area (Å²) >= 11 is 5.82. The van der Waals surface area contributed by atoms with Gasteiger partial charge in [0.1, 0.15) is 0 Å². The molecule has 1 amide bonds. The lowest BCUT2D eigenvalue weighted by molar-refractivity contribution is 0.0950. The van der Waals surface area contributed by atoms with Crippen LogP contribution in [-0.2, 0) is 0 Å². The van der Waals surface area contributed by atoms with Crippen molar-refractivity contribution in [1.82, 2.24) is 20.2 Å². The maximum atomic E-state index is 11.9. The van der Waals surface area contributed by atoms with Gasteiger partial charge in [-0.1, -0.05) is 11.6 Å². The van der Waals surface area contributed by atoms with Crippen LogP contribution in [0, 0.1) is 0 Å². The third-order valence-corrected chi connectivity index (χ3v) is 3.11. The largest absolute Gasteiger partial charge is 0.351 e. The molecule has 0 unspecified atom stereocenters. The number of anilines is 2. The SMILES string of the molecule is CN(C)CCNC(=O)c1cnc(Nc2ccc(Cl)cc2)nc1. The van der Waals surface area contributed by atoms with Crippen LogP contribution in [-0.4, -0.2) is 48.0 Å². The number of benzene rings is 1. The van der Waals surface area contributed by atoms with E-state index in [1.807, 2.05) is 31.1 Å². The summed E-state index contributed by atoms with van der Waals surface area (Å²) in [6, 6.07) is 7.20. The Kier molecular flexibility index (Phi) is 5.68. The van der Waals surface area contributed by atoms with Gasteiger partial charge in [0, 0.05) is 36.2 Å². The molecule has 2 N–H and O–H groups in total. The lowest BCUT2D eigenvalue weighted by atomic mass is 10.3. The molecule has 0 aliphatic carbocycles. The highest BCUT2D eigenvalue weighted by atomic mass is 35.5. The molecule has 1 heterocycles. The average Bonchev–Trinajstić information content (AvgIpc) is 2.50. The fourth-order valence-corrected chi connectivity index (χ4v) is 1.79. The molecule has 0 atom stereocenters. The number of nitrogens with zero attached hydrogens (tertiary/aromatic N) is 3. The number of amides is 1. The van der Waals surface area contributed by atoms with Crippen molar-refractivity contribution in [3.8, 4) is 0 Å². The van der Waals surface area contributed by atoms with Gasteiger partial charge in [-0.05, 0) is 38.4 Å². The van der Waals surface area contributed by atoms with Crippen molar-refractivity contribution in [1.29, 1.82) is 0 Å². The van der Waals surface area contributed by atoms with E-state index in [-0.39, 0.29) is 5.91 Å². The molecule has 2 aromatic rings. The minimum Gasteiger partial charge on any atom is -0.351 e. The molecule has 1 aromatic carbocycles. The average molecular weight is 320 g/mol. The molecule has 2 rings (SSSR count). The van der Waals surface area contributed by atoms with Crippen LogP contribution in [0.2, 0.25) is 5.02 Å². The normalized spacial score (nSPS) is 10.5. The molecule has 0 bridgehead atoms. The minimum absolute atomic E-state index is 0.181. The van der Waals surface area contributed by atoms with E-state index in [0.717, 1.165) is 12.2 Å². The fourth-order valence-electron chi connectivity index (χ4n) is 1.67. The second-order valence-electron chi connectivity index (χ2n) is 4.99. The van der Waals surface area contributed by atoms with Gasteiger partial charge < -0.3 is 15.5 Å². The summed E-state index contributed by atoms with van der Waals surface area (Å²) in [7, 11) is 3.90. The third kappa shape index (κ3) is 4.98. The molecule has 0 spiro atoms. The molecule has 116 valence electrons. The van der Waals surface area contributed by atoms with Crippen molar-refractivity contribution in [2.75, 3.05) is 32.5 Å². The fraction of sp³-hybridized carbons (Fsp3) is 0.267. The van der Waals surface area contributed by atoms with Crippen LogP contribution in [0.25, 0.3) is 0 Å². The zero-order valence-corrected chi connectivity index (χ0v) is 13.3. The van der Waals surface area contributed by atoms with Crippen LogP contribution in [0.3, 0.4) is 0 Å². The Morgan fingerprint density at radius 1 is 1.18 bits per heavy atom. The molecular weight excluding hydrogens is 302 g/mol. The number of nitrogens with one attached hydrogen (secondary N) is 2. The van der Waals surface area contributed by atoms with E-state index < -0.39 is 0 Å². The minimum atomic E-state index is -0.181. The first-order chi connectivity index (χ1) is 10.5. The van der Waals surface area contributed by atoms with Crippen molar-refractivity contribution < 1.29 is 4.79 Å². The number of hydrogen-bond acceptors (Lipinski definition) is 5. The van der Waals surface area contributed by atoms with E-state index in [0.29, 0.717) is 23.1 Å². The number of carbonyl (C=O) groups excluding carboxylic acids is 1. The van der Waals surface area contributed by atoms with E-state index >= 15 is 0 Å². The maximum absolute atomic E-state index is 11.9. The summed E-state index contributed by atoms with van der Waals surface area (Å²) in [5, 5.41) is 6.51. The first-order valence-corrected chi connectivity index (χ1v) is 7.20. The predicted molar refractivity (Wildman–Crippen MR) is 87.7 cm³/mol. The monoisotopic (exact) mass is 319 g/mol. The number of carbonyl (C=O) groups is 1. The van der Waals surface area contributed by atoms with E-state index in [2.05, 4.69) is 20.6 Å². The molecule has 0 aliphatic heterocycles. The number of hydrogen-bond donors (Lipinski definition) is 2. The molecule has 1 aromatic heterocycles. The Labute approximate surface area is 134 Å². The molecule has 0 aliphatic rings. The molecule has 0 saturated heterocycles. The highest BCUT2D eigenvalue weighted by Crippen LogP contribution is 2.16. The van der Waals surface area contributed by atoms with E-state index in [9.17, 15) is 4.79 Å². The number of rotatable bonds is 6. The van der Waals surface area contributed by atoms with Crippen molar-refractivity contribution in [2.24, 2.45) is 0 Å². The van der Waals surface area contributed by atoms with Gasteiger partial charge in [0.15, 0.2) is 0 Å². The number of aromatic nitrogens is 2. The Bertz CT molecular complexity index is 613. The van der Waals surface area contributed by atoms with Gasteiger partial charge in [-0.25, -0.2) is 9.97 Å². The molecular formula is C15H18ClN5O. The molecule has 22 heavy (non-hydrogen) atoms. The van der Waals surface area contributed by atoms with E-state index in [1.165, 1.54) is 12.4 Å². The predicted octanol–water partition coefficient (Wildman–Crippen LogP) is 2.17. The lowest BCUT2D eigenvalue weighted by Crippen LogP contribution is -2.31. The zero-order chi connectivity index (χ0) is 15.9. The summed E-state index contributed by atoms with van der Waals surface area (Å²) in [6.07, 6.45) is 2.99. The Morgan fingerprint density at radius 3 is 2.41 bits per heavy atom. The van der Waals surface area contributed by atoms with Crippen molar-refractivity contribution >= 4 is 29.1 Å². The molecule has 6 nitrogen and oxygen atoms in total. The van der Waals surface area contributed by atoms with Gasteiger partial charge in [-0.15, -0.1) is 0 Å². The van der Waals surface area contributed by atoms with Crippen molar-refractivity contribution in [3.63, 3.8) is 0 Å². The van der Waals surface area contributed by atoms with Gasteiger partial charge in [-0.2, -0.15) is 0 Å². The van der Waals surface area contributed by atoms with Crippen LogP contribution in [0.1, 0.15) is 10.4 Å². The molecule has 0 radical (unpaired) electrons. The van der Waals surface area contributed by atoms with Crippen LogP contribution in [0.4, 0.5) is 11.6 Å². The lowest BCUT2D eigenvalue weighted by Gasteiger charge is -2.10. The Hall–Kier alpha value is -2.18.